The Morgan fingerprint density at radius 3 is 2.24 bits per heavy atom. The van der Waals surface area contributed by atoms with Crippen molar-refractivity contribution < 1.29 is 18.8 Å². The third-order valence-electron chi connectivity index (χ3n) is 3.04. The summed E-state index contributed by atoms with van der Waals surface area (Å²) in [6.45, 7) is -0.238. The van der Waals surface area contributed by atoms with Crippen molar-refractivity contribution in [1.82, 2.24) is 5.32 Å². The highest BCUT2D eigenvalue weighted by Crippen LogP contribution is 2.18. The average Bonchev–Trinajstić information content (AvgIpc) is 2.60. The monoisotopic (exact) mass is 361 g/mol. The topological polar surface area (TPSA) is 101 Å². The third-order valence-corrected chi connectivity index (χ3v) is 4.05. The Morgan fingerprint density at radius 2 is 1.64 bits per heavy atom. The normalized spacial score (nSPS) is 10.1. The first-order valence-electron chi connectivity index (χ1n) is 7.29. The van der Waals surface area contributed by atoms with Crippen molar-refractivity contribution in [2.75, 3.05) is 17.6 Å². The van der Waals surface area contributed by atoms with E-state index in [0.717, 1.165) is 4.90 Å². The molecule has 0 saturated heterocycles. The van der Waals surface area contributed by atoms with Gasteiger partial charge in [0.05, 0.1) is 12.3 Å². The molecular weight excluding hydrogens is 345 g/mol. The number of rotatable bonds is 7. The van der Waals surface area contributed by atoms with Crippen LogP contribution in [0.1, 0.15) is 10.4 Å². The molecule has 130 valence electrons. The molecule has 3 amide bonds. The molecule has 0 bridgehead atoms. The number of primary amides is 1. The van der Waals surface area contributed by atoms with Crippen LogP contribution >= 0.6 is 11.8 Å². The van der Waals surface area contributed by atoms with Crippen LogP contribution in [0.25, 0.3) is 0 Å². The number of carbonyl (C=O) groups excluding carboxylic acids is 3. The molecule has 0 heterocycles. The van der Waals surface area contributed by atoms with Gasteiger partial charge in [0.15, 0.2) is 0 Å². The molecule has 8 heteroatoms. The molecule has 25 heavy (non-hydrogen) atoms. The van der Waals surface area contributed by atoms with Gasteiger partial charge in [-0.2, -0.15) is 0 Å². The molecule has 0 aromatic heterocycles. The summed E-state index contributed by atoms with van der Waals surface area (Å²) in [6, 6.07) is 12.1. The van der Waals surface area contributed by atoms with E-state index in [-0.39, 0.29) is 24.0 Å². The molecule has 0 unspecified atom stereocenters. The van der Waals surface area contributed by atoms with E-state index in [0.29, 0.717) is 11.3 Å². The van der Waals surface area contributed by atoms with Crippen LogP contribution in [0, 0.1) is 5.82 Å². The van der Waals surface area contributed by atoms with Crippen LogP contribution in [0.3, 0.4) is 0 Å². The van der Waals surface area contributed by atoms with Crippen molar-refractivity contribution >= 4 is 35.2 Å². The summed E-state index contributed by atoms with van der Waals surface area (Å²) in [5.74, 6) is -1.43. The largest absolute Gasteiger partial charge is 0.368 e. The number of hydrogen-bond donors (Lipinski definition) is 3. The predicted octanol–water partition coefficient (Wildman–Crippen LogP) is 1.77. The minimum Gasteiger partial charge on any atom is -0.368 e. The number of hydrogen-bond acceptors (Lipinski definition) is 4. The first-order valence-corrected chi connectivity index (χ1v) is 8.27. The summed E-state index contributed by atoms with van der Waals surface area (Å²) in [5.41, 5.74) is 5.84. The van der Waals surface area contributed by atoms with Crippen LogP contribution in [0.5, 0.6) is 0 Å². The van der Waals surface area contributed by atoms with E-state index in [1.54, 1.807) is 24.3 Å². The Kier molecular flexibility index (Phi) is 6.53. The van der Waals surface area contributed by atoms with Gasteiger partial charge >= 0.3 is 0 Å². The number of benzene rings is 2. The van der Waals surface area contributed by atoms with Gasteiger partial charge in [0.25, 0.3) is 5.91 Å². The maximum absolute atomic E-state index is 12.8. The summed E-state index contributed by atoms with van der Waals surface area (Å²) in [7, 11) is 0. The fourth-order valence-electron chi connectivity index (χ4n) is 1.85. The first-order chi connectivity index (χ1) is 11.9. The van der Waals surface area contributed by atoms with Crippen LogP contribution in [0.4, 0.5) is 10.1 Å². The molecule has 0 aliphatic carbocycles. The highest BCUT2D eigenvalue weighted by atomic mass is 32.2. The number of carbonyl (C=O) groups is 3. The summed E-state index contributed by atoms with van der Waals surface area (Å²) in [6.07, 6.45) is 0. The second-order valence-electron chi connectivity index (χ2n) is 5.02. The van der Waals surface area contributed by atoms with E-state index in [4.69, 9.17) is 5.73 Å². The lowest BCUT2D eigenvalue weighted by atomic mass is 10.2. The van der Waals surface area contributed by atoms with Crippen molar-refractivity contribution in [1.29, 1.82) is 0 Å². The molecule has 6 nitrogen and oxygen atoms in total. The zero-order valence-corrected chi connectivity index (χ0v) is 13.9. The number of nitrogens with two attached hydrogens (primary N) is 1. The maximum Gasteiger partial charge on any atom is 0.251 e. The summed E-state index contributed by atoms with van der Waals surface area (Å²) in [4.78, 5) is 35.1. The van der Waals surface area contributed by atoms with Crippen LogP contribution in [-0.2, 0) is 9.59 Å². The molecule has 0 aliphatic rings. The van der Waals surface area contributed by atoms with Crippen molar-refractivity contribution in [3.63, 3.8) is 0 Å². The predicted molar refractivity (Wildman–Crippen MR) is 93.7 cm³/mol. The van der Waals surface area contributed by atoms with Gasteiger partial charge in [-0.05, 0) is 48.5 Å². The van der Waals surface area contributed by atoms with Gasteiger partial charge in [0.2, 0.25) is 11.8 Å². The smallest absolute Gasteiger partial charge is 0.251 e. The zero-order chi connectivity index (χ0) is 18.2. The van der Waals surface area contributed by atoms with Gasteiger partial charge in [0, 0.05) is 16.1 Å². The molecule has 4 N–H and O–H groups in total. The van der Waals surface area contributed by atoms with Gasteiger partial charge in [-0.3, -0.25) is 14.4 Å². The lowest BCUT2D eigenvalue weighted by Gasteiger charge is -2.07. The minimum atomic E-state index is -0.629. The molecule has 0 aliphatic heterocycles. The molecule has 0 saturated carbocycles. The lowest BCUT2D eigenvalue weighted by Crippen LogP contribution is -2.33. The van der Waals surface area contributed by atoms with Gasteiger partial charge in [-0.15, -0.1) is 11.8 Å². The first kappa shape index (κ1) is 18.5. The second kappa shape index (κ2) is 8.84. The average molecular weight is 361 g/mol. The van der Waals surface area contributed by atoms with Crippen molar-refractivity contribution in [3.8, 4) is 0 Å². The number of amides is 3. The van der Waals surface area contributed by atoms with E-state index >= 15 is 0 Å². The molecule has 0 radical (unpaired) electrons. The Bertz CT molecular complexity index is 764. The van der Waals surface area contributed by atoms with E-state index in [1.165, 1.54) is 36.0 Å². The molecular formula is C17H16FN3O3S. The molecule has 2 aromatic rings. The van der Waals surface area contributed by atoms with Gasteiger partial charge in [-0.1, -0.05) is 0 Å². The molecule has 0 fully saturated rings. The van der Waals surface area contributed by atoms with Crippen molar-refractivity contribution in [2.24, 2.45) is 5.73 Å². The van der Waals surface area contributed by atoms with E-state index in [9.17, 15) is 18.8 Å². The highest BCUT2D eigenvalue weighted by Gasteiger charge is 2.08. The van der Waals surface area contributed by atoms with Gasteiger partial charge in [0.1, 0.15) is 5.82 Å². The van der Waals surface area contributed by atoms with Crippen LogP contribution in [0.2, 0.25) is 0 Å². The van der Waals surface area contributed by atoms with Crippen LogP contribution in [-0.4, -0.2) is 30.0 Å². The van der Waals surface area contributed by atoms with E-state index < -0.39 is 11.8 Å². The Hall–Kier alpha value is -2.87. The second-order valence-corrected chi connectivity index (χ2v) is 6.07. The Morgan fingerprint density at radius 1 is 1.00 bits per heavy atom. The standard InChI is InChI=1S/C17H16FN3O3S/c18-12-3-7-14(8-4-12)25-10-16(23)21-13-5-1-11(2-6-13)17(24)20-9-15(19)22/h1-8H,9-10H2,(H2,19,22)(H,20,24)(H,21,23). The SMILES string of the molecule is NC(=O)CNC(=O)c1ccc(NC(=O)CSc2ccc(F)cc2)cc1. The Labute approximate surface area is 148 Å². The minimum absolute atomic E-state index is 0.173. The quantitative estimate of drug-likeness (QED) is 0.654. The van der Waals surface area contributed by atoms with Crippen molar-refractivity contribution in [2.45, 2.75) is 4.90 Å². The van der Waals surface area contributed by atoms with Crippen LogP contribution in [0.15, 0.2) is 53.4 Å². The summed E-state index contributed by atoms with van der Waals surface area (Å²) in [5, 5.41) is 5.07. The van der Waals surface area contributed by atoms with Gasteiger partial charge in [-0.25, -0.2) is 4.39 Å². The summed E-state index contributed by atoms with van der Waals surface area (Å²) >= 11 is 1.29. The molecule has 0 atom stereocenters. The highest BCUT2D eigenvalue weighted by molar-refractivity contribution is 8.00. The number of thioether (sulfide) groups is 1. The summed E-state index contributed by atoms with van der Waals surface area (Å²) < 4.78 is 12.8. The molecule has 0 spiro atoms. The van der Waals surface area contributed by atoms with E-state index in [1.807, 2.05) is 0 Å². The lowest BCUT2D eigenvalue weighted by molar-refractivity contribution is -0.117. The van der Waals surface area contributed by atoms with E-state index in [2.05, 4.69) is 10.6 Å². The Balaban J connectivity index is 1.83. The van der Waals surface area contributed by atoms with Gasteiger partial charge < -0.3 is 16.4 Å². The zero-order valence-electron chi connectivity index (χ0n) is 13.1. The number of halogens is 1. The third kappa shape index (κ3) is 6.27. The molecule has 2 rings (SSSR count). The van der Waals surface area contributed by atoms with Crippen molar-refractivity contribution in [3.05, 3.63) is 59.9 Å². The fraction of sp³-hybridized carbons (Fsp3) is 0.118. The fourth-order valence-corrected chi connectivity index (χ4v) is 2.55. The van der Waals surface area contributed by atoms with Crippen LogP contribution < -0.4 is 16.4 Å². The number of anilines is 1. The number of nitrogens with one attached hydrogen (secondary N) is 2. The molecule has 2 aromatic carbocycles. The maximum atomic E-state index is 12.8.